The highest BCUT2D eigenvalue weighted by Gasteiger charge is 2.14. The van der Waals surface area contributed by atoms with Crippen LogP contribution in [0.4, 0.5) is 10.1 Å². The number of aromatic nitrogens is 2. The molecule has 0 bridgehead atoms. The van der Waals surface area contributed by atoms with Gasteiger partial charge in [-0.1, -0.05) is 30.3 Å². The van der Waals surface area contributed by atoms with Gasteiger partial charge in [0.2, 0.25) is 0 Å². The zero-order valence-electron chi connectivity index (χ0n) is 11.8. The predicted octanol–water partition coefficient (Wildman–Crippen LogP) is 3.08. The minimum atomic E-state index is -3.80. The van der Waals surface area contributed by atoms with Crippen molar-refractivity contribution in [3.05, 3.63) is 72.8 Å². The normalized spacial score (nSPS) is 11.2. The number of hydrogen-bond donors (Lipinski definition) is 1. The zero-order chi connectivity index (χ0) is 16.3. The molecule has 0 unspecified atom stereocenters. The average Bonchev–Trinajstić information content (AvgIpc) is 2.56. The van der Waals surface area contributed by atoms with Gasteiger partial charge in [-0.2, -0.15) is 0 Å². The molecular formula is C16H12FN3O2S. The van der Waals surface area contributed by atoms with Crippen LogP contribution >= 0.6 is 0 Å². The Morgan fingerprint density at radius 1 is 0.870 bits per heavy atom. The fraction of sp³-hybridized carbons (Fsp3) is 0. The summed E-state index contributed by atoms with van der Waals surface area (Å²) in [5.41, 5.74) is 1.06. The van der Waals surface area contributed by atoms with E-state index in [-0.39, 0.29) is 10.6 Å². The Labute approximate surface area is 132 Å². The van der Waals surface area contributed by atoms with Gasteiger partial charge in [-0.05, 0) is 24.3 Å². The molecule has 0 aliphatic rings. The Kier molecular flexibility index (Phi) is 4.03. The van der Waals surface area contributed by atoms with E-state index in [1.165, 1.54) is 24.5 Å². The SMILES string of the molecule is O=S(=O)(Nc1cnc(-c2ccccc2)nc1)c1ccc(F)cc1. The molecule has 0 spiro atoms. The lowest BCUT2D eigenvalue weighted by molar-refractivity contribution is 0.599. The van der Waals surface area contributed by atoms with Crippen molar-refractivity contribution in [2.75, 3.05) is 4.72 Å². The summed E-state index contributed by atoms with van der Waals surface area (Å²) in [6.07, 6.45) is 2.77. The predicted molar refractivity (Wildman–Crippen MR) is 84.7 cm³/mol. The van der Waals surface area contributed by atoms with Gasteiger partial charge in [-0.25, -0.2) is 22.8 Å². The first-order valence-electron chi connectivity index (χ1n) is 6.70. The van der Waals surface area contributed by atoms with Gasteiger partial charge in [0.1, 0.15) is 5.82 Å². The molecule has 0 aliphatic carbocycles. The number of halogens is 1. The van der Waals surface area contributed by atoms with Gasteiger partial charge in [-0.3, -0.25) is 4.72 Å². The van der Waals surface area contributed by atoms with Gasteiger partial charge in [0.25, 0.3) is 10.0 Å². The first-order valence-corrected chi connectivity index (χ1v) is 8.19. The number of rotatable bonds is 4. The van der Waals surface area contributed by atoms with Crippen LogP contribution < -0.4 is 4.72 Å². The maximum Gasteiger partial charge on any atom is 0.261 e. The number of nitrogens with one attached hydrogen (secondary N) is 1. The Morgan fingerprint density at radius 3 is 2.09 bits per heavy atom. The van der Waals surface area contributed by atoms with Crippen molar-refractivity contribution in [2.45, 2.75) is 4.90 Å². The minimum absolute atomic E-state index is 0.0361. The molecule has 0 saturated heterocycles. The van der Waals surface area contributed by atoms with Gasteiger partial charge in [-0.15, -0.1) is 0 Å². The molecule has 1 N–H and O–H groups in total. The molecule has 0 radical (unpaired) electrons. The molecule has 0 aliphatic heterocycles. The van der Waals surface area contributed by atoms with Gasteiger partial charge in [0, 0.05) is 5.56 Å². The average molecular weight is 329 g/mol. The van der Waals surface area contributed by atoms with Crippen molar-refractivity contribution in [1.29, 1.82) is 0 Å². The zero-order valence-corrected chi connectivity index (χ0v) is 12.7. The highest BCUT2D eigenvalue weighted by atomic mass is 32.2. The highest BCUT2D eigenvalue weighted by Crippen LogP contribution is 2.18. The molecule has 0 amide bonds. The van der Waals surface area contributed by atoms with Gasteiger partial charge in [0.05, 0.1) is 23.0 Å². The Bertz CT molecular complexity index is 896. The largest absolute Gasteiger partial charge is 0.276 e. The second-order valence-electron chi connectivity index (χ2n) is 4.72. The summed E-state index contributed by atoms with van der Waals surface area (Å²) in [4.78, 5) is 8.25. The van der Waals surface area contributed by atoms with Crippen molar-refractivity contribution in [3.63, 3.8) is 0 Å². The van der Waals surface area contributed by atoms with Crippen molar-refractivity contribution < 1.29 is 12.8 Å². The van der Waals surface area contributed by atoms with Gasteiger partial charge >= 0.3 is 0 Å². The number of hydrogen-bond acceptors (Lipinski definition) is 4. The molecule has 3 aromatic rings. The molecule has 23 heavy (non-hydrogen) atoms. The highest BCUT2D eigenvalue weighted by molar-refractivity contribution is 7.92. The fourth-order valence-electron chi connectivity index (χ4n) is 1.94. The monoisotopic (exact) mass is 329 g/mol. The Balaban J connectivity index is 1.82. The summed E-state index contributed by atoms with van der Waals surface area (Å²) in [5.74, 6) is -0.00479. The van der Waals surface area contributed by atoms with E-state index in [4.69, 9.17) is 0 Å². The third kappa shape index (κ3) is 3.51. The first kappa shape index (κ1) is 15.1. The summed E-state index contributed by atoms with van der Waals surface area (Å²) in [6, 6.07) is 13.9. The van der Waals surface area contributed by atoms with E-state index in [1.54, 1.807) is 0 Å². The second-order valence-corrected chi connectivity index (χ2v) is 6.40. The van der Waals surface area contributed by atoms with E-state index in [9.17, 15) is 12.8 Å². The molecule has 1 heterocycles. The summed E-state index contributed by atoms with van der Waals surface area (Å²) in [7, 11) is -3.80. The van der Waals surface area contributed by atoms with Gasteiger partial charge < -0.3 is 0 Å². The van der Waals surface area contributed by atoms with Crippen molar-refractivity contribution >= 4 is 15.7 Å². The third-order valence-corrected chi connectivity index (χ3v) is 4.46. The van der Waals surface area contributed by atoms with E-state index < -0.39 is 15.8 Å². The summed E-state index contributed by atoms with van der Waals surface area (Å²) >= 11 is 0. The lowest BCUT2D eigenvalue weighted by Crippen LogP contribution is -2.13. The van der Waals surface area contributed by atoms with Crippen molar-refractivity contribution in [2.24, 2.45) is 0 Å². The summed E-state index contributed by atoms with van der Waals surface area (Å²) in [5, 5.41) is 0. The number of sulfonamides is 1. The van der Waals surface area contributed by atoms with Crippen LogP contribution in [0.1, 0.15) is 0 Å². The Morgan fingerprint density at radius 2 is 1.48 bits per heavy atom. The van der Waals surface area contributed by atoms with E-state index in [0.717, 1.165) is 17.7 Å². The van der Waals surface area contributed by atoms with E-state index in [1.807, 2.05) is 30.3 Å². The standard InChI is InChI=1S/C16H12FN3O2S/c17-13-6-8-15(9-7-13)23(21,22)20-14-10-18-16(19-11-14)12-4-2-1-3-5-12/h1-11,20H. The number of nitrogens with zero attached hydrogens (tertiary/aromatic N) is 2. The summed E-state index contributed by atoms with van der Waals surface area (Å²) in [6.45, 7) is 0. The molecule has 7 heteroatoms. The molecule has 5 nitrogen and oxygen atoms in total. The van der Waals surface area contributed by atoms with Crippen LogP contribution in [0.3, 0.4) is 0 Å². The molecule has 0 fully saturated rings. The number of anilines is 1. The summed E-state index contributed by atoms with van der Waals surface area (Å²) < 4.78 is 39.6. The van der Waals surface area contributed by atoms with Crippen molar-refractivity contribution in [3.8, 4) is 11.4 Å². The number of benzene rings is 2. The van der Waals surface area contributed by atoms with E-state index >= 15 is 0 Å². The smallest absolute Gasteiger partial charge is 0.261 e. The second kappa shape index (κ2) is 6.13. The van der Waals surface area contributed by atoms with Crippen LogP contribution in [0.2, 0.25) is 0 Å². The first-order chi connectivity index (χ1) is 11.0. The third-order valence-electron chi connectivity index (χ3n) is 3.06. The molecule has 3 rings (SSSR count). The minimum Gasteiger partial charge on any atom is -0.276 e. The van der Waals surface area contributed by atoms with Gasteiger partial charge in [0.15, 0.2) is 5.82 Å². The molecule has 0 saturated carbocycles. The molecular weight excluding hydrogens is 317 g/mol. The van der Waals surface area contributed by atoms with Crippen LogP contribution in [0, 0.1) is 5.82 Å². The quantitative estimate of drug-likeness (QED) is 0.798. The van der Waals surface area contributed by atoms with Crippen LogP contribution in [-0.4, -0.2) is 18.4 Å². The van der Waals surface area contributed by atoms with Crippen LogP contribution in [0.15, 0.2) is 71.9 Å². The maximum absolute atomic E-state index is 12.9. The van der Waals surface area contributed by atoms with Crippen LogP contribution in [-0.2, 0) is 10.0 Å². The fourth-order valence-corrected chi connectivity index (χ4v) is 2.97. The Hall–Kier alpha value is -2.80. The molecule has 0 atom stereocenters. The van der Waals surface area contributed by atoms with E-state index in [2.05, 4.69) is 14.7 Å². The molecule has 1 aromatic heterocycles. The van der Waals surface area contributed by atoms with Crippen LogP contribution in [0.25, 0.3) is 11.4 Å². The van der Waals surface area contributed by atoms with Crippen LogP contribution in [0.5, 0.6) is 0 Å². The lowest BCUT2D eigenvalue weighted by Gasteiger charge is -2.08. The topological polar surface area (TPSA) is 72.0 Å². The van der Waals surface area contributed by atoms with E-state index in [0.29, 0.717) is 5.82 Å². The maximum atomic E-state index is 12.9. The lowest BCUT2D eigenvalue weighted by atomic mass is 10.2. The molecule has 2 aromatic carbocycles. The van der Waals surface area contributed by atoms with Crippen molar-refractivity contribution in [1.82, 2.24) is 9.97 Å². The molecule has 116 valence electrons.